The quantitative estimate of drug-likeness (QED) is 0.732. The van der Waals surface area contributed by atoms with E-state index in [2.05, 4.69) is 13.8 Å². The molecule has 1 atom stereocenters. The fourth-order valence-electron chi connectivity index (χ4n) is 2.78. The summed E-state index contributed by atoms with van der Waals surface area (Å²) in [7, 11) is 0. The van der Waals surface area contributed by atoms with Crippen LogP contribution in [0, 0.1) is 11.2 Å². The first-order chi connectivity index (χ1) is 7.91. The van der Waals surface area contributed by atoms with Gasteiger partial charge in [0, 0.05) is 5.54 Å². The standard InChI is InChI=1S/C15H22FN/c1-14(2)7-4-8-15(17,10-9-14)12-5-3-6-13(16)11-12/h3,5-6,11H,4,7-10,17H2,1-2H3. The van der Waals surface area contributed by atoms with Crippen molar-refractivity contribution in [3.63, 3.8) is 0 Å². The second kappa shape index (κ2) is 4.41. The minimum Gasteiger partial charge on any atom is -0.321 e. The van der Waals surface area contributed by atoms with Gasteiger partial charge in [0.05, 0.1) is 0 Å². The first-order valence-corrected chi connectivity index (χ1v) is 6.46. The zero-order valence-corrected chi connectivity index (χ0v) is 10.8. The van der Waals surface area contributed by atoms with Gasteiger partial charge in [-0.25, -0.2) is 4.39 Å². The molecule has 1 aromatic carbocycles. The Balaban J connectivity index is 2.24. The van der Waals surface area contributed by atoms with Gasteiger partial charge in [-0.15, -0.1) is 0 Å². The minimum atomic E-state index is -0.337. The maximum atomic E-state index is 13.3. The van der Waals surface area contributed by atoms with E-state index in [-0.39, 0.29) is 11.4 Å². The monoisotopic (exact) mass is 235 g/mol. The summed E-state index contributed by atoms with van der Waals surface area (Å²) in [4.78, 5) is 0. The lowest BCUT2D eigenvalue weighted by Crippen LogP contribution is -2.36. The first kappa shape index (κ1) is 12.6. The van der Waals surface area contributed by atoms with Crippen LogP contribution in [-0.2, 0) is 5.54 Å². The maximum absolute atomic E-state index is 13.3. The number of halogens is 1. The van der Waals surface area contributed by atoms with E-state index in [1.807, 2.05) is 6.07 Å². The lowest BCUT2D eigenvalue weighted by atomic mass is 9.81. The van der Waals surface area contributed by atoms with Crippen LogP contribution in [0.5, 0.6) is 0 Å². The summed E-state index contributed by atoms with van der Waals surface area (Å²) in [6.45, 7) is 4.59. The predicted molar refractivity (Wildman–Crippen MR) is 69.1 cm³/mol. The molecule has 0 amide bonds. The van der Waals surface area contributed by atoms with Crippen molar-refractivity contribution in [2.45, 2.75) is 51.5 Å². The first-order valence-electron chi connectivity index (χ1n) is 6.46. The number of hydrogen-bond donors (Lipinski definition) is 1. The summed E-state index contributed by atoms with van der Waals surface area (Å²) >= 11 is 0. The molecular formula is C15H22FN. The van der Waals surface area contributed by atoms with Gasteiger partial charge in [0.2, 0.25) is 0 Å². The molecule has 0 radical (unpaired) electrons. The molecule has 0 aromatic heterocycles. The normalized spacial score (nSPS) is 28.7. The van der Waals surface area contributed by atoms with E-state index in [0.717, 1.165) is 31.2 Å². The molecule has 0 spiro atoms. The molecule has 17 heavy (non-hydrogen) atoms. The molecule has 0 aliphatic heterocycles. The van der Waals surface area contributed by atoms with E-state index < -0.39 is 0 Å². The molecule has 0 heterocycles. The topological polar surface area (TPSA) is 26.0 Å². The molecule has 2 N–H and O–H groups in total. The Hall–Kier alpha value is -0.890. The van der Waals surface area contributed by atoms with Crippen molar-refractivity contribution in [3.8, 4) is 0 Å². The van der Waals surface area contributed by atoms with E-state index >= 15 is 0 Å². The van der Waals surface area contributed by atoms with Crippen molar-refractivity contribution in [2.24, 2.45) is 11.1 Å². The fourth-order valence-corrected chi connectivity index (χ4v) is 2.78. The third-order valence-corrected chi connectivity index (χ3v) is 4.12. The van der Waals surface area contributed by atoms with E-state index in [1.165, 1.54) is 12.5 Å². The molecule has 1 nitrogen and oxygen atoms in total. The van der Waals surface area contributed by atoms with Gasteiger partial charge in [-0.1, -0.05) is 32.4 Å². The molecule has 1 saturated carbocycles. The highest BCUT2D eigenvalue weighted by Gasteiger charge is 2.33. The Morgan fingerprint density at radius 2 is 1.88 bits per heavy atom. The second-order valence-electron chi connectivity index (χ2n) is 6.18. The number of hydrogen-bond acceptors (Lipinski definition) is 1. The van der Waals surface area contributed by atoms with Gasteiger partial charge in [-0.2, -0.15) is 0 Å². The second-order valence-corrected chi connectivity index (χ2v) is 6.18. The number of benzene rings is 1. The van der Waals surface area contributed by atoms with Crippen LogP contribution in [0.1, 0.15) is 51.5 Å². The van der Waals surface area contributed by atoms with Crippen molar-refractivity contribution in [3.05, 3.63) is 35.6 Å². The molecule has 1 aromatic rings. The number of nitrogens with two attached hydrogens (primary N) is 1. The van der Waals surface area contributed by atoms with E-state index in [9.17, 15) is 4.39 Å². The van der Waals surface area contributed by atoms with E-state index in [0.29, 0.717) is 5.41 Å². The Morgan fingerprint density at radius 3 is 2.59 bits per heavy atom. The summed E-state index contributed by atoms with van der Waals surface area (Å²) in [5.41, 5.74) is 7.49. The minimum absolute atomic E-state index is 0.184. The molecule has 1 aliphatic rings. The highest BCUT2D eigenvalue weighted by molar-refractivity contribution is 5.25. The largest absolute Gasteiger partial charge is 0.321 e. The van der Waals surface area contributed by atoms with Gasteiger partial charge >= 0.3 is 0 Å². The Kier molecular flexibility index (Phi) is 3.26. The molecule has 1 aliphatic carbocycles. The summed E-state index contributed by atoms with van der Waals surface area (Å²) in [6, 6.07) is 6.79. The molecule has 1 unspecified atom stereocenters. The Bertz CT molecular complexity index is 400. The van der Waals surface area contributed by atoms with Crippen molar-refractivity contribution in [2.75, 3.05) is 0 Å². The van der Waals surface area contributed by atoms with Crippen molar-refractivity contribution in [1.82, 2.24) is 0 Å². The van der Waals surface area contributed by atoms with Gasteiger partial charge in [0.1, 0.15) is 5.82 Å². The van der Waals surface area contributed by atoms with Crippen LogP contribution in [0.25, 0.3) is 0 Å². The van der Waals surface area contributed by atoms with Crippen LogP contribution >= 0.6 is 0 Å². The molecule has 94 valence electrons. The zero-order valence-electron chi connectivity index (χ0n) is 10.8. The smallest absolute Gasteiger partial charge is 0.123 e. The van der Waals surface area contributed by atoms with Gasteiger partial charge in [0.15, 0.2) is 0 Å². The molecule has 2 heteroatoms. The van der Waals surface area contributed by atoms with Gasteiger partial charge in [0.25, 0.3) is 0 Å². The van der Waals surface area contributed by atoms with Gasteiger partial charge in [-0.05, 0) is 48.8 Å². The summed E-state index contributed by atoms with van der Waals surface area (Å²) < 4.78 is 13.3. The summed E-state index contributed by atoms with van der Waals surface area (Å²) in [6.07, 6.45) is 5.35. The average molecular weight is 235 g/mol. The van der Waals surface area contributed by atoms with Crippen LogP contribution in [0.2, 0.25) is 0 Å². The summed E-state index contributed by atoms with van der Waals surface area (Å²) in [5.74, 6) is -0.184. The van der Waals surface area contributed by atoms with Crippen LogP contribution in [0.4, 0.5) is 4.39 Å². The van der Waals surface area contributed by atoms with Crippen LogP contribution < -0.4 is 5.73 Å². The van der Waals surface area contributed by atoms with Crippen molar-refractivity contribution in [1.29, 1.82) is 0 Å². The number of rotatable bonds is 1. The van der Waals surface area contributed by atoms with Gasteiger partial charge in [-0.3, -0.25) is 0 Å². The summed E-state index contributed by atoms with van der Waals surface area (Å²) in [5, 5.41) is 0. The lowest BCUT2D eigenvalue weighted by Gasteiger charge is -2.29. The van der Waals surface area contributed by atoms with Crippen LogP contribution in [-0.4, -0.2) is 0 Å². The van der Waals surface area contributed by atoms with Crippen molar-refractivity contribution < 1.29 is 4.39 Å². The molecule has 1 fully saturated rings. The molecule has 2 rings (SSSR count). The van der Waals surface area contributed by atoms with E-state index in [4.69, 9.17) is 5.73 Å². The van der Waals surface area contributed by atoms with Crippen LogP contribution in [0.15, 0.2) is 24.3 Å². The van der Waals surface area contributed by atoms with E-state index in [1.54, 1.807) is 12.1 Å². The predicted octanol–water partition coefficient (Wildman–Crippen LogP) is 3.97. The highest BCUT2D eigenvalue weighted by Crippen LogP contribution is 2.41. The Labute approximate surface area is 103 Å². The Morgan fingerprint density at radius 1 is 1.12 bits per heavy atom. The van der Waals surface area contributed by atoms with Crippen molar-refractivity contribution >= 4 is 0 Å². The zero-order chi connectivity index (χ0) is 12.5. The molecular weight excluding hydrogens is 213 g/mol. The average Bonchev–Trinajstić information content (AvgIpc) is 2.39. The fraction of sp³-hybridized carbons (Fsp3) is 0.600. The maximum Gasteiger partial charge on any atom is 0.123 e. The third kappa shape index (κ3) is 2.86. The lowest BCUT2D eigenvalue weighted by molar-refractivity contribution is 0.299. The van der Waals surface area contributed by atoms with Gasteiger partial charge < -0.3 is 5.73 Å². The highest BCUT2D eigenvalue weighted by atomic mass is 19.1. The molecule has 0 bridgehead atoms. The third-order valence-electron chi connectivity index (χ3n) is 4.12. The van der Waals surface area contributed by atoms with Crippen LogP contribution in [0.3, 0.4) is 0 Å². The molecule has 0 saturated heterocycles. The SMILES string of the molecule is CC1(C)CCCC(N)(c2cccc(F)c2)CC1.